The summed E-state index contributed by atoms with van der Waals surface area (Å²) in [5.74, 6) is -0.259. The van der Waals surface area contributed by atoms with Gasteiger partial charge in [-0.1, -0.05) is 11.2 Å². The highest BCUT2D eigenvalue weighted by molar-refractivity contribution is 7.13. The molecule has 0 unspecified atom stereocenters. The molecule has 120 valence electrons. The predicted molar refractivity (Wildman–Crippen MR) is 82.9 cm³/mol. The van der Waals surface area contributed by atoms with Crippen molar-refractivity contribution in [3.05, 3.63) is 64.0 Å². The number of aromatic nitrogens is 4. The summed E-state index contributed by atoms with van der Waals surface area (Å²) in [5.41, 5.74) is 0.497. The second kappa shape index (κ2) is 5.85. The zero-order valence-corrected chi connectivity index (χ0v) is 12.9. The second-order valence-corrected chi connectivity index (χ2v) is 5.77. The molecule has 0 saturated carbocycles. The van der Waals surface area contributed by atoms with Crippen molar-refractivity contribution in [2.75, 3.05) is 0 Å². The number of hydrogen-bond donors (Lipinski definition) is 0. The standard InChI is InChI=1S/C15H9FN4O3S/c16-10-5-3-9(4-6-10)14-18-20(15(21)22-14)8-12-17-13(19-23-12)11-2-1-7-24-11/h1-7H,8H2. The highest BCUT2D eigenvalue weighted by Crippen LogP contribution is 2.21. The van der Waals surface area contributed by atoms with Gasteiger partial charge in [0.15, 0.2) is 0 Å². The Morgan fingerprint density at radius 3 is 2.79 bits per heavy atom. The van der Waals surface area contributed by atoms with Crippen molar-refractivity contribution in [3.8, 4) is 22.2 Å². The van der Waals surface area contributed by atoms with Gasteiger partial charge in [0, 0.05) is 5.56 Å². The minimum atomic E-state index is -0.662. The zero-order chi connectivity index (χ0) is 16.5. The first-order valence-corrected chi connectivity index (χ1v) is 7.77. The van der Waals surface area contributed by atoms with Crippen LogP contribution in [0.15, 0.2) is 55.5 Å². The Morgan fingerprint density at radius 2 is 2.04 bits per heavy atom. The monoisotopic (exact) mass is 344 g/mol. The normalized spacial score (nSPS) is 11.0. The Bertz CT molecular complexity index is 1020. The van der Waals surface area contributed by atoms with Crippen LogP contribution in [-0.4, -0.2) is 19.9 Å². The molecule has 0 N–H and O–H groups in total. The molecule has 0 amide bonds. The van der Waals surface area contributed by atoms with Crippen LogP contribution in [0.1, 0.15) is 5.89 Å². The smallest absolute Gasteiger partial charge is 0.388 e. The highest BCUT2D eigenvalue weighted by atomic mass is 32.1. The van der Waals surface area contributed by atoms with Crippen molar-refractivity contribution in [2.45, 2.75) is 6.54 Å². The molecular weight excluding hydrogens is 335 g/mol. The molecule has 0 aliphatic heterocycles. The fourth-order valence-corrected chi connectivity index (χ4v) is 2.72. The molecule has 0 radical (unpaired) electrons. The van der Waals surface area contributed by atoms with Crippen LogP contribution in [0.3, 0.4) is 0 Å². The van der Waals surface area contributed by atoms with Gasteiger partial charge in [0.25, 0.3) is 0 Å². The van der Waals surface area contributed by atoms with Crippen LogP contribution in [0.25, 0.3) is 22.2 Å². The van der Waals surface area contributed by atoms with Crippen molar-refractivity contribution in [2.24, 2.45) is 0 Å². The third-order valence-corrected chi connectivity index (χ3v) is 4.06. The van der Waals surface area contributed by atoms with Gasteiger partial charge in [-0.05, 0) is 35.7 Å². The van der Waals surface area contributed by atoms with Crippen LogP contribution in [0.4, 0.5) is 4.39 Å². The average Bonchev–Trinajstić information content (AvgIpc) is 3.30. The summed E-state index contributed by atoms with van der Waals surface area (Å²) in [6.07, 6.45) is 0. The van der Waals surface area contributed by atoms with E-state index in [1.165, 1.54) is 35.6 Å². The van der Waals surface area contributed by atoms with Gasteiger partial charge in [-0.15, -0.1) is 16.4 Å². The van der Waals surface area contributed by atoms with Crippen molar-refractivity contribution in [1.29, 1.82) is 0 Å². The molecule has 3 heterocycles. The molecule has 9 heteroatoms. The molecular formula is C15H9FN4O3S. The summed E-state index contributed by atoms with van der Waals surface area (Å²) in [5, 5.41) is 9.84. The van der Waals surface area contributed by atoms with Gasteiger partial charge < -0.3 is 8.94 Å². The van der Waals surface area contributed by atoms with E-state index in [4.69, 9.17) is 8.94 Å². The van der Waals surface area contributed by atoms with Crippen molar-refractivity contribution < 1.29 is 13.3 Å². The van der Waals surface area contributed by atoms with Crippen LogP contribution in [-0.2, 0) is 6.54 Å². The van der Waals surface area contributed by atoms with Crippen molar-refractivity contribution >= 4 is 11.3 Å². The summed E-state index contributed by atoms with van der Waals surface area (Å²) < 4.78 is 24.2. The number of benzene rings is 1. The lowest BCUT2D eigenvalue weighted by Gasteiger charge is -1.93. The molecule has 0 saturated heterocycles. The maximum absolute atomic E-state index is 12.9. The van der Waals surface area contributed by atoms with Crippen LogP contribution < -0.4 is 5.76 Å². The van der Waals surface area contributed by atoms with Gasteiger partial charge >= 0.3 is 5.76 Å². The molecule has 1 aromatic carbocycles. The molecule has 4 aromatic rings. The lowest BCUT2D eigenvalue weighted by atomic mass is 10.2. The summed E-state index contributed by atoms with van der Waals surface area (Å²) in [6, 6.07) is 9.24. The maximum Gasteiger partial charge on any atom is 0.437 e. The van der Waals surface area contributed by atoms with E-state index in [-0.39, 0.29) is 24.1 Å². The molecule has 7 nitrogen and oxygen atoms in total. The van der Waals surface area contributed by atoms with E-state index in [2.05, 4.69) is 15.2 Å². The quantitative estimate of drug-likeness (QED) is 0.566. The van der Waals surface area contributed by atoms with E-state index in [1.807, 2.05) is 17.5 Å². The first-order valence-electron chi connectivity index (χ1n) is 6.89. The zero-order valence-electron chi connectivity index (χ0n) is 12.0. The SMILES string of the molecule is O=c1oc(-c2ccc(F)cc2)nn1Cc1nc(-c2cccs2)no1. The summed E-state index contributed by atoms with van der Waals surface area (Å²) in [6.45, 7) is -0.0120. The summed E-state index contributed by atoms with van der Waals surface area (Å²) in [4.78, 5) is 17.0. The largest absolute Gasteiger partial charge is 0.437 e. The molecule has 3 aromatic heterocycles. The number of rotatable bonds is 4. The van der Waals surface area contributed by atoms with Crippen molar-refractivity contribution in [3.63, 3.8) is 0 Å². The third kappa shape index (κ3) is 2.76. The topological polar surface area (TPSA) is 87.0 Å². The maximum atomic E-state index is 12.9. The van der Waals surface area contributed by atoms with Crippen molar-refractivity contribution in [1.82, 2.24) is 19.9 Å². The number of hydrogen-bond acceptors (Lipinski definition) is 7. The average molecular weight is 344 g/mol. The third-order valence-electron chi connectivity index (χ3n) is 3.19. The van der Waals surface area contributed by atoms with E-state index in [9.17, 15) is 9.18 Å². The Labute approximate surface area is 138 Å². The van der Waals surface area contributed by atoms with Gasteiger partial charge in [-0.3, -0.25) is 0 Å². The minimum Gasteiger partial charge on any atom is -0.388 e. The van der Waals surface area contributed by atoms with Crippen LogP contribution in [0, 0.1) is 5.82 Å². The fourth-order valence-electron chi connectivity index (χ4n) is 2.07. The number of thiophene rings is 1. The lowest BCUT2D eigenvalue weighted by molar-refractivity contribution is 0.360. The van der Waals surface area contributed by atoms with E-state index in [1.54, 1.807) is 0 Å². The molecule has 0 aliphatic carbocycles. The van der Waals surface area contributed by atoms with E-state index < -0.39 is 5.76 Å². The Kier molecular flexibility index (Phi) is 3.54. The number of halogens is 1. The van der Waals surface area contributed by atoms with E-state index >= 15 is 0 Å². The Hall–Kier alpha value is -3.07. The van der Waals surface area contributed by atoms with Crippen LogP contribution in [0.5, 0.6) is 0 Å². The van der Waals surface area contributed by atoms with Gasteiger partial charge in [0.2, 0.25) is 17.6 Å². The summed E-state index contributed by atoms with van der Waals surface area (Å²) >= 11 is 1.48. The molecule has 0 bridgehead atoms. The van der Waals surface area contributed by atoms with Gasteiger partial charge in [0.05, 0.1) is 4.88 Å². The first kappa shape index (κ1) is 14.5. The molecule has 0 atom stereocenters. The number of nitrogens with zero attached hydrogens (tertiary/aromatic N) is 4. The molecule has 4 rings (SSSR count). The van der Waals surface area contributed by atoms with Gasteiger partial charge in [-0.2, -0.15) is 9.67 Å². The Morgan fingerprint density at radius 1 is 1.21 bits per heavy atom. The second-order valence-electron chi connectivity index (χ2n) is 4.83. The van der Waals surface area contributed by atoms with E-state index in [0.29, 0.717) is 11.4 Å². The first-order chi connectivity index (χ1) is 11.7. The Balaban J connectivity index is 1.59. The summed E-state index contributed by atoms with van der Waals surface area (Å²) in [7, 11) is 0. The van der Waals surface area contributed by atoms with Crippen LogP contribution >= 0.6 is 11.3 Å². The minimum absolute atomic E-state index is 0.0120. The van der Waals surface area contributed by atoms with Gasteiger partial charge in [-0.25, -0.2) is 9.18 Å². The fraction of sp³-hybridized carbons (Fsp3) is 0.0667. The molecule has 0 aliphatic rings. The molecule has 0 spiro atoms. The predicted octanol–water partition coefficient (Wildman–Crippen LogP) is 2.80. The molecule has 24 heavy (non-hydrogen) atoms. The van der Waals surface area contributed by atoms with Gasteiger partial charge in [0.1, 0.15) is 12.4 Å². The highest BCUT2D eigenvalue weighted by Gasteiger charge is 2.15. The van der Waals surface area contributed by atoms with E-state index in [0.717, 1.165) is 9.56 Å². The van der Waals surface area contributed by atoms with Crippen LogP contribution in [0.2, 0.25) is 0 Å². The molecule has 0 fully saturated rings. The lowest BCUT2D eigenvalue weighted by Crippen LogP contribution is -2.16.